The fourth-order valence-corrected chi connectivity index (χ4v) is 1.50. The van der Waals surface area contributed by atoms with Crippen LogP contribution in [0.3, 0.4) is 0 Å². The van der Waals surface area contributed by atoms with Crippen molar-refractivity contribution in [3.8, 4) is 11.2 Å². The van der Waals surface area contributed by atoms with E-state index in [1.807, 2.05) is 31.2 Å². The Morgan fingerprint density at radius 3 is 2.33 bits per heavy atom. The highest BCUT2D eigenvalue weighted by Crippen LogP contribution is 2.07. The maximum atomic E-state index is 11.3. The van der Waals surface area contributed by atoms with E-state index in [-0.39, 0.29) is 0 Å². The Labute approximate surface area is 75.3 Å². The van der Waals surface area contributed by atoms with E-state index in [0.29, 0.717) is 0 Å². The van der Waals surface area contributed by atoms with Crippen LogP contribution in [-0.2, 0) is 10.8 Å². The van der Waals surface area contributed by atoms with Gasteiger partial charge >= 0.3 is 0 Å². The van der Waals surface area contributed by atoms with Crippen LogP contribution in [0.25, 0.3) is 0 Å². The molecule has 12 heavy (non-hydrogen) atoms. The highest BCUT2D eigenvalue weighted by molar-refractivity contribution is 7.89. The Balaban J connectivity index is 2.95. The van der Waals surface area contributed by atoms with Crippen molar-refractivity contribution in [3.63, 3.8) is 0 Å². The summed E-state index contributed by atoms with van der Waals surface area (Å²) < 4.78 is 11.3. The zero-order valence-electron chi connectivity index (χ0n) is 7.13. The Hall–Kier alpha value is -1.07. The molecule has 1 rings (SSSR count). The van der Waals surface area contributed by atoms with Gasteiger partial charge < -0.3 is 0 Å². The molecule has 1 aromatic carbocycles. The van der Waals surface area contributed by atoms with Crippen molar-refractivity contribution in [1.82, 2.24) is 0 Å². The summed E-state index contributed by atoms with van der Waals surface area (Å²) in [5.74, 6) is 2.63. The molecule has 0 aromatic heterocycles. The number of rotatable bonds is 1. The lowest BCUT2D eigenvalue weighted by atomic mass is 10.2. The van der Waals surface area contributed by atoms with Crippen LogP contribution >= 0.6 is 0 Å². The average Bonchev–Trinajstić information content (AvgIpc) is 2.06. The van der Waals surface area contributed by atoms with E-state index >= 15 is 0 Å². The maximum absolute atomic E-state index is 11.3. The Morgan fingerprint density at radius 1 is 1.25 bits per heavy atom. The quantitative estimate of drug-likeness (QED) is 0.602. The molecule has 0 saturated heterocycles. The Kier molecular flexibility index (Phi) is 3.07. The largest absolute Gasteiger partial charge is 0.240 e. The number of aryl methyl sites for hydroxylation is 1. The number of hydrogen-bond acceptors (Lipinski definition) is 1. The van der Waals surface area contributed by atoms with Gasteiger partial charge in [0, 0.05) is 5.25 Å². The van der Waals surface area contributed by atoms with Gasteiger partial charge in [0.1, 0.15) is 10.8 Å². The van der Waals surface area contributed by atoms with Crippen molar-refractivity contribution in [2.75, 3.05) is 0 Å². The van der Waals surface area contributed by atoms with E-state index in [0.717, 1.165) is 4.90 Å². The molecule has 1 aromatic rings. The van der Waals surface area contributed by atoms with Gasteiger partial charge in [0.2, 0.25) is 0 Å². The highest BCUT2D eigenvalue weighted by atomic mass is 32.2. The third kappa shape index (κ3) is 2.21. The fourth-order valence-electron chi connectivity index (χ4n) is 0.813. The van der Waals surface area contributed by atoms with Crippen molar-refractivity contribution in [2.45, 2.75) is 18.7 Å². The zero-order chi connectivity index (χ0) is 8.97. The summed E-state index contributed by atoms with van der Waals surface area (Å²) in [5.41, 5.74) is 1.17. The van der Waals surface area contributed by atoms with Crippen LogP contribution in [0.5, 0.6) is 0 Å². The van der Waals surface area contributed by atoms with E-state index in [2.05, 4.69) is 11.2 Å². The van der Waals surface area contributed by atoms with Gasteiger partial charge in [-0.15, -0.1) is 0 Å². The second-order valence-electron chi connectivity index (χ2n) is 2.43. The summed E-state index contributed by atoms with van der Waals surface area (Å²) >= 11 is 0. The molecule has 0 unspecified atom stereocenters. The summed E-state index contributed by atoms with van der Waals surface area (Å²) in [7, 11) is -1.15. The SMILES string of the molecule is CC#C[S@@](=O)c1ccc(C)cc1. The molecule has 0 aliphatic heterocycles. The van der Waals surface area contributed by atoms with Crippen LogP contribution in [0.15, 0.2) is 29.2 Å². The van der Waals surface area contributed by atoms with E-state index in [4.69, 9.17) is 0 Å². The van der Waals surface area contributed by atoms with Crippen LogP contribution in [0.4, 0.5) is 0 Å². The molecule has 0 radical (unpaired) electrons. The molecule has 0 saturated carbocycles. The summed E-state index contributed by atoms with van der Waals surface area (Å²) in [6.07, 6.45) is 0. The molecule has 62 valence electrons. The first-order valence-electron chi connectivity index (χ1n) is 3.65. The minimum absolute atomic E-state index is 0.773. The predicted molar refractivity (Wildman–Crippen MR) is 51.0 cm³/mol. The van der Waals surface area contributed by atoms with Crippen LogP contribution in [-0.4, -0.2) is 4.21 Å². The van der Waals surface area contributed by atoms with Crippen molar-refractivity contribution < 1.29 is 4.21 Å². The molecular formula is C10H10OS. The molecule has 0 fully saturated rings. The molecule has 1 nitrogen and oxygen atoms in total. The lowest BCUT2D eigenvalue weighted by molar-refractivity contribution is 0.689. The van der Waals surface area contributed by atoms with Crippen molar-refractivity contribution >= 4 is 10.8 Å². The highest BCUT2D eigenvalue weighted by Gasteiger charge is 1.97. The van der Waals surface area contributed by atoms with Gasteiger partial charge in [0.15, 0.2) is 0 Å². The first-order valence-corrected chi connectivity index (χ1v) is 4.80. The Morgan fingerprint density at radius 2 is 1.83 bits per heavy atom. The zero-order valence-corrected chi connectivity index (χ0v) is 7.94. The first-order chi connectivity index (χ1) is 5.74. The monoisotopic (exact) mass is 178 g/mol. The minimum Gasteiger partial charge on any atom is -0.240 e. The lowest BCUT2D eigenvalue weighted by Crippen LogP contribution is -1.86. The Bertz CT molecular complexity index is 340. The lowest BCUT2D eigenvalue weighted by Gasteiger charge is -1.94. The third-order valence-electron chi connectivity index (χ3n) is 1.43. The molecule has 0 N–H and O–H groups in total. The molecular weight excluding hydrogens is 168 g/mol. The van der Waals surface area contributed by atoms with Crippen LogP contribution < -0.4 is 0 Å². The second-order valence-corrected chi connectivity index (χ2v) is 3.65. The van der Waals surface area contributed by atoms with Crippen molar-refractivity contribution in [2.24, 2.45) is 0 Å². The van der Waals surface area contributed by atoms with Crippen LogP contribution in [0.2, 0.25) is 0 Å². The summed E-state index contributed by atoms with van der Waals surface area (Å²) in [6.45, 7) is 3.68. The van der Waals surface area contributed by atoms with Crippen molar-refractivity contribution in [1.29, 1.82) is 0 Å². The normalized spacial score (nSPS) is 11.5. The van der Waals surface area contributed by atoms with Crippen LogP contribution in [0, 0.1) is 18.1 Å². The molecule has 2 heteroatoms. The molecule has 0 heterocycles. The topological polar surface area (TPSA) is 17.1 Å². The van der Waals surface area contributed by atoms with E-state index in [9.17, 15) is 4.21 Å². The van der Waals surface area contributed by atoms with Crippen LogP contribution in [0.1, 0.15) is 12.5 Å². The molecule has 0 spiro atoms. The van der Waals surface area contributed by atoms with Gasteiger partial charge in [-0.05, 0) is 26.0 Å². The van der Waals surface area contributed by atoms with Gasteiger partial charge in [-0.25, -0.2) is 4.21 Å². The van der Waals surface area contributed by atoms with Gasteiger partial charge in [-0.3, -0.25) is 0 Å². The minimum atomic E-state index is -1.15. The second kappa shape index (κ2) is 4.08. The van der Waals surface area contributed by atoms with E-state index in [1.165, 1.54) is 5.56 Å². The third-order valence-corrected chi connectivity index (χ3v) is 2.52. The maximum Gasteiger partial charge on any atom is 0.130 e. The number of hydrogen-bond donors (Lipinski definition) is 0. The fraction of sp³-hybridized carbons (Fsp3) is 0.200. The molecule has 0 aliphatic rings. The summed E-state index contributed by atoms with van der Waals surface area (Å²) in [5, 5.41) is 2.60. The van der Waals surface area contributed by atoms with Gasteiger partial charge in [0.05, 0.1) is 4.90 Å². The smallest absolute Gasteiger partial charge is 0.130 e. The van der Waals surface area contributed by atoms with Gasteiger partial charge in [0.25, 0.3) is 0 Å². The van der Waals surface area contributed by atoms with Gasteiger partial charge in [-0.1, -0.05) is 23.6 Å². The van der Waals surface area contributed by atoms with E-state index in [1.54, 1.807) is 6.92 Å². The molecule has 0 bridgehead atoms. The molecule has 0 aliphatic carbocycles. The van der Waals surface area contributed by atoms with Crippen molar-refractivity contribution in [3.05, 3.63) is 29.8 Å². The standard InChI is InChI=1S/C10H10OS/c1-3-8-12(11)10-6-4-9(2)5-7-10/h4-7H,1-2H3/t12-/m1/s1. The number of benzene rings is 1. The summed E-state index contributed by atoms with van der Waals surface area (Å²) in [4.78, 5) is 0.773. The van der Waals surface area contributed by atoms with Gasteiger partial charge in [-0.2, -0.15) is 0 Å². The summed E-state index contributed by atoms with van der Waals surface area (Å²) in [6, 6.07) is 7.56. The first kappa shape index (κ1) is 9.02. The van der Waals surface area contributed by atoms with E-state index < -0.39 is 10.8 Å². The molecule has 1 atom stereocenters. The molecule has 0 amide bonds. The predicted octanol–water partition coefficient (Wildman–Crippen LogP) is 2.08. The average molecular weight is 178 g/mol.